The number of benzene rings is 1. The highest BCUT2D eigenvalue weighted by Crippen LogP contribution is 2.60. The van der Waals surface area contributed by atoms with Crippen LogP contribution in [0.2, 0.25) is 18.6 Å². The van der Waals surface area contributed by atoms with Crippen LogP contribution in [0.3, 0.4) is 0 Å². The minimum absolute atomic E-state index is 0.0270. The first kappa shape index (κ1) is 28.9. The summed E-state index contributed by atoms with van der Waals surface area (Å²) in [5.74, 6) is -0.539. The Bertz CT molecular complexity index is 1520. The molecule has 12 heteroatoms. The number of halogens is 1. The van der Waals surface area contributed by atoms with Crippen molar-refractivity contribution in [2.24, 2.45) is 5.92 Å². The van der Waals surface area contributed by atoms with Gasteiger partial charge in [-0.1, -0.05) is 18.2 Å². The number of fused-ring (bicyclic) bond motifs is 2. The molecule has 0 radical (unpaired) electrons. The van der Waals surface area contributed by atoms with E-state index in [1.54, 1.807) is 71.5 Å². The number of pyridine rings is 1. The molecule has 218 valence electrons. The SMILES string of the molecule is C=CCN1C(=O)[C@@]2(O[C@@H](CCn3cc(CCO)nn3)[C@H]([Si](C)(C)F)[C@H]2C)c2cc(-n3cccc(OC)c3=O)ccc21. The summed E-state index contributed by atoms with van der Waals surface area (Å²) in [7, 11) is -1.91. The number of carbonyl (C=O) groups is 1. The van der Waals surface area contributed by atoms with Crippen LogP contribution in [-0.4, -0.2) is 65.3 Å². The molecule has 41 heavy (non-hydrogen) atoms. The van der Waals surface area contributed by atoms with Gasteiger partial charge in [-0.2, -0.15) is 0 Å². The number of rotatable bonds is 10. The topological polar surface area (TPSA) is 112 Å². The molecular weight excluding hydrogens is 545 g/mol. The molecule has 1 amide bonds. The van der Waals surface area contributed by atoms with E-state index in [1.807, 2.05) is 6.92 Å². The zero-order valence-electron chi connectivity index (χ0n) is 23.8. The number of anilines is 1. The second-order valence-corrected chi connectivity index (χ2v) is 15.0. The molecule has 4 atom stereocenters. The van der Waals surface area contributed by atoms with Gasteiger partial charge in [0.15, 0.2) is 11.4 Å². The first-order valence-electron chi connectivity index (χ1n) is 13.8. The lowest BCUT2D eigenvalue weighted by Gasteiger charge is -2.31. The smallest absolute Gasteiger partial charge is 0.297 e. The molecule has 1 spiro atoms. The molecule has 0 unspecified atom stereocenters. The van der Waals surface area contributed by atoms with Crippen LogP contribution in [0, 0.1) is 5.92 Å². The summed E-state index contributed by atoms with van der Waals surface area (Å²) in [6.07, 6.45) is 5.33. The van der Waals surface area contributed by atoms with Gasteiger partial charge in [0.25, 0.3) is 11.5 Å². The lowest BCUT2D eigenvalue weighted by atomic mass is 9.82. The number of nitrogens with zero attached hydrogens (tertiary/aromatic N) is 5. The Hall–Kier alpha value is -3.61. The molecule has 2 aromatic heterocycles. The van der Waals surface area contributed by atoms with Crippen LogP contribution >= 0.6 is 0 Å². The number of amides is 1. The fourth-order valence-electron chi connectivity index (χ4n) is 6.53. The summed E-state index contributed by atoms with van der Waals surface area (Å²) in [6, 6.07) is 8.70. The van der Waals surface area contributed by atoms with E-state index >= 15 is 4.11 Å². The minimum atomic E-state index is -3.35. The van der Waals surface area contributed by atoms with E-state index in [-0.39, 0.29) is 30.4 Å². The van der Waals surface area contributed by atoms with Gasteiger partial charge in [0, 0.05) is 61.2 Å². The monoisotopic (exact) mass is 581 g/mol. The van der Waals surface area contributed by atoms with Gasteiger partial charge >= 0.3 is 0 Å². The molecule has 2 aliphatic rings. The summed E-state index contributed by atoms with van der Waals surface area (Å²) in [4.78, 5) is 29.0. The molecule has 1 fully saturated rings. The highest BCUT2D eigenvalue weighted by atomic mass is 28.4. The van der Waals surface area contributed by atoms with Crippen LogP contribution in [-0.2, 0) is 28.1 Å². The quantitative estimate of drug-likeness (QED) is 0.222. The van der Waals surface area contributed by atoms with Crippen LogP contribution in [0.5, 0.6) is 5.75 Å². The van der Waals surface area contributed by atoms with Gasteiger partial charge < -0.3 is 23.6 Å². The van der Waals surface area contributed by atoms with E-state index < -0.39 is 31.6 Å². The zero-order chi connectivity index (χ0) is 29.5. The van der Waals surface area contributed by atoms with Crippen molar-refractivity contribution in [2.45, 2.75) is 56.7 Å². The average Bonchev–Trinajstić information content (AvgIpc) is 3.58. The van der Waals surface area contributed by atoms with Crippen LogP contribution in [0.25, 0.3) is 5.69 Å². The number of aromatic nitrogens is 4. The molecule has 3 aromatic rings. The van der Waals surface area contributed by atoms with E-state index in [4.69, 9.17) is 9.47 Å². The Kier molecular flexibility index (Phi) is 7.75. The number of aliphatic hydroxyl groups is 1. The summed E-state index contributed by atoms with van der Waals surface area (Å²) in [5, 5.41) is 17.4. The third-order valence-corrected chi connectivity index (χ3v) is 10.7. The van der Waals surface area contributed by atoms with Crippen LogP contribution in [0.15, 0.2) is 60.2 Å². The van der Waals surface area contributed by atoms with Gasteiger partial charge in [-0.15, -0.1) is 11.7 Å². The van der Waals surface area contributed by atoms with Crippen molar-refractivity contribution in [1.29, 1.82) is 0 Å². The number of aliphatic hydroxyl groups excluding tert-OH is 1. The molecule has 5 rings (SSSR count). The number of methoxy groups -OCH3 is 1. The van der Waals surface area contributed by atoms with E-state index in [1.165, 1.54) is 11.7 Å². The van der Waals surface area contributed by atoms with Crippen LogP contribution in [0.1, 0.15) is 24.6 Å². The number of aryl methyl sites for hydroxylation is 1. The maximum absolute atomic E-state index is 16.1. The number of hydrogen-bond acceptors (Lipinski definition) is 7. The standard InChI is InChI=1S/C29H36FN5O5Si/c1-6-13-35-23-10-9-21(34-14-7-8-25(39-3)27(34)37)17-22(23)29(28(35)38)19(2)26(41(4,5)30)24(40-29)11-15-33-18-20(12-16-36)31-32-33/h6-10,14,17-19,24,26,36H,1,11-13,15-16H2,2-5H3/t19-,24+,26-,29+/m1/s1. The predicted octanol–water partition coefficient (Wildman–Crippen LogP) is 3.37. The van der Waals surface area contributed by atoms with Crippen molar-refractivity contribution in [3.05, 3.63) is 77.0 Å². The predicted molar refractivity (Wildman–Crippen MR) is 155 cm³/mol. The zero-order valence-corrected chi connectivity index (χ0v) is 24.8. The Balaban J connectivity index is 1.59. The summed E-state index contributed by atoms with van der Waals surface area (Å²) < 4.78 is 31.2. The van der Waals surface area contributed by atoms with Gasteiger partial charge in [-0.05, 0) is 49.8 Å². The van der Waals surface area contributed by atoms with Crippen molar-refractivity contribution in [3.8, 4) is 11.4 Å². The Morgan fingerprint density at radius 1 is 1.29 bits per heavy atom. The third-order valence-electron chi connectivity index (χ3n) is 8.26. The third kappa shape index (κ3) is 4.83. The van der Waals surface area contributed by atoms with Gasteiger partial charge in [0.05, 0.1) is 24.6 Å². The minimum Gasteiger partial charge on any atom is -0.491 e. The number of ether oxygens (including phenoxy) is 2. The number of carbonyl (C=O) groups excluding carboxylic acids is 1. The van der Waals surface area contributed by atoms with Crippen molar-refractivity contribution >= 4 is 20.0 Å². The van der Waals surface area contributed by atoms with Crippen molar-refractivity contribution in [2.75, 3.05) is 25.2 Å². The molecule has 4 heterocycles. The van der Waals surface area contributed by atoms with Crippen molar-refractivity contribution in [3.63, 3.8) is 0 Å². The van der Waals surface area contributed by atoms with Gasteiger partial charge in [-0.25, -0.2) is 0 Å². The van der Waals surface area contributed by atoms with Gasteiger partial charge in [-0.3, -0.25) is 18.8 Å². The van der Waals surface area contributed by atoms with E-state index in [2.05, 4.69) is 16.9 Å². The van der Waals surface area contributed by atoms with E-state index in [9.17, 15) is 14.7 Å². The Labute approximate surface area is 239 Å². The van der Waals surface area contributed by atoms with Crippen LogP contribution in [0.4, 0.5) is 9.80 Å². The molecule has 1 saturated heterocycles. The van der Waals surface area contributed by atoms with Crippen molar-refractivity contribution < 1.29 is 23.5 Å². The Morgan fingerprint density at radius 2 is 2.07 bits per heavy atom. The first-order valence-corrected chi connectivity index (χ1v) is 16.7. The van der Waals surface area contributed by atoms with E-state index in [0.717, 1.165) is 0 Å². The fourth-order valence-corrected chi connectivity index (χ4v) is 9.08. The maximum Gasteiger partial charge on any atom is 0.297 e. The lowest BCUT2D eigenvalue weighted by molar-refractivity contribution is -0.145. The maximum atomic E-state index is 16.1. The average molecular weight is 582 g/mol. The second kappa shape index (κ2) is 11.0. The molecule has 0 saturated carbocycles. The molecule has 1 aromatic carbocycles. The molecule has 0 bridgehead atoms. The van der Waals surface area contributed by atoms with Crippen LogP contribution < -0.4 is 15.2 Å². The molecular formula is C29H36FN5O5Si. The molecule has 0 aliphatic carbocycles. The highest BCUT2D eigenvalue weighted by Gasteiger charge is 2.66. The normalized spacial score (nSPS) is 23.8. The fraction of sp³-hybridized carbons (Fsp3) is 0.448. The summed E-state index contributed by atoms with van der Waals surface area (Å²) in [5.41, 5.74) is 0.246. The Morgan fingerprint density at radius 3 is 2.76 bits per heavy atom. The molecule has 2 aliphatic heterocycles. The summed E-state index contributed by atoms with van der Waals surface area (Å²) in [6.45, 7) is 9.71. The van der Waals surface area contributed by atoms with Gasteiger partial charge in [0.1, 0.15) is 0 Å². The number of hydrogen-bond donors (Lipinski definition) is 1. The lowest BCUT2D eigenvalue weighted by Crippen LogP contribution is -2.45. The van der Waals surface area contributed by atoms with Gasteiger partial charge in [0.2, 0.25) is 8.41 Å². The van der Waals surface area contributed by atoms with E-state index in [0.29, 0.717) is 42.0 Å². The molecule has 10 nitrogen and oxygen atoms in total. The highest BCUT2D eigenvalue weighted by molar-refractivity contribution is 6.72. The summed E-state index contributed by atoms with van der Waals surface area (Å²) >= 11 is 0. The largest absolute Gasteiger partial charge is 0.491 e. The second-order valence-electron chi connectivity index (χ2n) is 11.2. The van der Waals surface area contributed by atoms with Crippen molar-refractivity contribution in [1.82, 2.24) is 19.6 Å². The first-order chi connectivity index (χ1) is 19.6. The molecule has 1 N–H and O–H groups in total.